The monoisotopic (exact) mass is 795 g/mol. The molecule has 5 saturated carbocycles. The summed E-state index contributed by atoms with van der Waals surface area (Å²) in [6.45, 7) is 3.17. The summed E-state index contributed by atoms with van der Waals surface area (Å²) < 4.78 is 23.9. The third kappa shape index (κ3) is 16.9. The Balaban J connectivity index is 0.898. The van der Waals surface area contributed by atoms with E-state index in [0.717, 1.165) is 129 Å². The number of esters is 2. The highest BCUT2D eigenvalue weighted by atomic mass is 16.6. The first kappa shape index (κ1) is 45.4. The van der Waals surface area contributed by atoms with Gasteiger partial charge in [-0.15, -0.1) is 6.42 Å². The van der Waals surface area contributed by atoms with Gasteiger partial charge in [-0.3, -0.25) is 19.6 Å². The molecule has 58 heavy (non-hydrogen) atoms. The fraction of sp³-hybridized carbons (Fsp3) is 0.760. The number of hydrogen-bond donors (Lipinski definition) is 0. The topological polar surface area (TPSA) is 95.8 Å². The molecule has 5 aliphatic rings. The van der Waals surface area contributed by atoms with E-state index in [9.17, 15) is 9.59 Å². The van der Waals surface area contributed by atoms with Crippen LogP contribution in [0.5, 0.6) is 0 Å². The summed E-state index contributed by atoms with van der Waals surface area (Å²) >= 11 is 0. The van der Waals surface area contributed by atoms with Crippen molar-refractivity contribution in [1.82, 2.24) is 0 Å². The zero-order chi connectivity index (χ0) is 40.6. The molecule has 8 nitrogen and oxygen atoms in total. The van der Waals surface area contributed by atoms with Crippen LogP contribution in [0.25, 0.3) is 0 Å². The Hall–Kier alpha value is -3.72. The van der Waals surface area contributed by atoms with Crippen LogP contribution in [0.15, 0.2) is 9.98 Å². The minimum atomic E-state index is -0.168. The minimum absolute atomic E-state index is 0.0355. The van der Waals surface area contributed by atoms with Gasteiger partial charge in [0.1, 0.15) is 24.4 Å². The molecular weight excluding hydrogens is 725 g/mol. The van der Waals surface area contributed by atoms with Gasteiger partial charge in [-0.2, -0.15) is 0 Å². The van der Waals surface area contributed by atoms with E-state index in [4.69, 9.17) is 35.4 Å². The standard InChI is InChI=1S/C50H70N2O6/c1-3-5-7-9-11-13-34-55-45-30-26-43(27-31-45)51-37-39-18-22-41(23-19-39)49(53)57-47-16-15-17-48(36-47)58-50(54)42-24-20-40(21-25-42)38-52-44-28-32-46(33-29-44)56-35-14-12-10-8-6-4-2/h1,37-48H,4,6,8,10,12,14-33,35-36H2,2H3. The fourth-order valence-electron chi connectivity index (χ4n) is 9.41. The summed E-state index contributed by atoms with van der Waals surface area (Å²) in [5.74, 6) is 15.6. The third-order valence-corrected chi connectivity index (χ3v) is 13.1. The van der Waals surface area contributed by atoms with Gasteiger partial charge in [-0.1, -0.05) is 39.0 Å². The lowest BCUT2D eigenvalue weighted by Gasteiger charge is -2.32. The van der Waals surface area contributed by atoms with Crippen LogP contribution in [0.4, 0.5) is 0 Å². The summed E-state index contributed by atoms with van der Waals surface area (Å²) in [5.41, 5.74) is 0. The molecule has 0 heterocycles. The van der Waals surface area contributed by atoms with Crippen molar-refractivity contribution < 1.29 is 28.5 Å². The van der Waals surface area contributed by atoms with Crippen molar-refractivity contribution in [2.45, 2.75) is 210 Å². The van der Waals surface area contributed by atoms with E-state index >= 15 is 0 Å². The molecule has 0 N–H and O–H groups in total. The summed E-state index contributed by atoms with van der Waals surface area (Å²) in [6.07, 6.45) is 38.9. The fourth-order valence-corrected chi connectivity index (χ4v) is 9.41. The SMILES string of the molecule is C#CC#CC#CC#COC1CCC(N=CC2CCC(C(=O)OC3CCCC(OC(=O)C4CCC(C=NC5CCC(OCCCCCCCC)CC5)CC4)C3)CC2)CC1. The summed E-state index contributed by atoms with van der Waals surface area (Å²) in [5, 5.41) is 0. The van der Waals surface area contributed by atoms with Gasteiger partial charge in [0.15, 0.2) is 0 Å². The lowest BCUT2D eigenvalue weighted by molar-refractivity contribution is -0.165. The molecule has 5 aliphatic carbocycles. The summed E-state index contributed by atoms with van der Waals surface area (Å²) in [4.78, 5) is 36.3. The first-order valence-corrected chi connectivity index (χ1v) is 23.2. The Morgan fingerprint density at radius 2 is 1.07 bits per heavy atom. The van der Waals surface area contributed by atoms with E-state index in [2.05, 4.69) is 61.0 Å². The predicted octanol–water partition coefficient (Wildman–Crippen LogP) is 9.76. The Bertz CT molecular complexity index is 1530. The molecule has 0 aromatic rings. The number of terminal acetylenes is 1. The van der Waals surface area contributed by atoms with Crippen molar-refractivity contribution in [2.24, 2.45) is 33.7 Å². The Morgan fingerprint density at radius 1 is 0.569 bits per heavy atom. The van der Waals surface area contributed by atoms with E-state index in [0.29, 0.717) is 36.4 Å². The first-order valence-electron chi connectivity index (χ1n) is 23.2. The third-order valence-electron chi connectivity index (χ3n) is 13.1. The molecule has 0 aromatic carbocycles. The largest absolute Gasteiger partial charge is 0.462 e. The maximum absolute atomic E-state index is 13.2. The molecule has 0 aromatic heterocycles. The van der Waals surface area contributed by atoms with Crippen LogP contribution >= 0.6 is 0 Å². The van der Waals surface area contributed by atoms with Gasteiger partial charge < -0.3 is 18.9 Å². The van der Waals surface area contributed by atoms with E-state index in [1.807, 2.05) is 0 Å². The van der Waals surface area contributed by atoms with Crippen LogP contribution in [0.3, 0.4) is 0 Å². The molecule has 2 atom stereocenters. The lowest BCUT2D eigenvalue weighted by atomic mass is 9.82. The zero-order valence-corrected chi connectivity index (χ0v) is 35.4. The molecule has 5 rings (SSSR count). The zero-order valence-electron chi connectivity index (χ0n) is 35.4. The van der Waals surface area contributed by atoms with Crippen LogP contribution in [0, 0.1) is 71.7 Å². The highest BCUT2D eigenvalue weighted by molar-refractivity contribution is 5.74. The number of ether oxygens (including phenoxy) is 4. The van der Waals surface area contributed by atoms with Crippen molar-refractivity contribution in [3.8, 4) is 48.1 Å². The lowest BCUT2D eigenvalue weighted by Crippen LogP contribution is -2.35. The molecule has 5 fully saturated rings. The van der Waals surface area contributed by atoms with Crippen LogP contribution < -0.4 is 0 Å². The molecule has 0 radical (unpaired) electrons. The molecule has 0 amide bonds. The van der Waals surface area contributed by atoms with Crippen molar-refractivity contribution in [1.29, 1.82) is 0 Å². The minimum Gasteiger partial charge on any atom is -0.462 e. The number of carbonyl (C=O) groups excluding carboxylic acids is 2. The number of unbranched alkanes of at least 4 members (excludes halogenated alkanes) is 5. The average Bonchev–Trinajstić information content (AvgIpc) is 3.25. The van der Waals surface area contributed by atoms with Crippen LogP contribution in [0.2, 0.25) is 0 Å². The van der Waals surface area contributed by atoms with E-state index in [1.165, 1.54) is 38.5 Å². The highest BCUT2D eigenvalue weighted by Crippen LogP contribution is 2.34. The van der Waals surface area contributed by atoms with Gasteiger partial charge in [0, 0.05) is 55.3 Å². The molecule has 8 heteroatoms. The normalized spacial score (nSPS) is 31.3. The Morgan fingerprint density at radius 3 is 1.62 bits per heavy atom. The van der Waals surface area contributed by atoms with Gasteiger partial charge >= 0.3 is 11.9 Å². The second kappa shape index (κ2) is 26.4. The number of hydrogen-bond acceptors (Lipinski definition) is 8. The number of rotatable bonds is 17. The second-order valence-electron chi connectivity index (χ2n) is 17.6. The Kier molecular flexibility index (Phi) is 20.6. The van der Waals surface area contributed by atoms with Gasteiger partial charge in [-0.05, 0) is 158 Å². The second-order valence-corrected chi connectivity index (χ2v) is 17.6. The molecule has 0 spiro atoms. The summed E-state index contributed by atoms with van der Waals surface area (Å²) in [7, 11) is 0. The van der Waals surface area contributed by atoms with Crippen molar-refractivity contribution in [3.63, 3.8) is 0 Å². The maximum Gasteiger partial charge on any atom is 0.309 e. The van der Waals surface area contributed by atoms with Gasteiger partial charge in [0.25, 0.3) is 0 Å². The first-order chi connectivity index (χ1) is 28.5. The molecule has 2 unspecified atom stereocenters. The van der Waals surface area contributed by atoms with Crippen LogP contribution in [-0.2, 0) is 28.5 Å². The van der Waals surface area contributed by atoms with Gasteiger partial charge in [-0.25, -0.2) is 0 Å². The van der Waals surface area contributed by atoms with Crippen molar-refractivity contribution in [2.75, 3.05) is 6.61 Å². The molecule has 316 valence electrons. The molecular formula is C50H70N2O6. The maximum atomic E-state index is 13.2. The van der Waals surface area contributed by atoms with Crippen LogP contribution in [0.1, 0.15) is 174 Å². The summed E-state index contributed by atoms with van der Waals surface area (Å²) in [6, 6.07) is 0.737. The predicted molar refractivity (Wildman–Crippen MR) is 231 cm³/mol. The molecule has 0 aliphatic heterocycles. The van der Waals surface area contributed by atoms with Crippen molar-refractivity contribution in [3.05, 3.63) is 0 Å². The molecule has 0 saturated heterocycles. The number of carbonyl (C=O) groups is 2. The smallest absolute Gasteiger partial charge is 0.309 e. The van der Waals surface area contributed by atoms with Gasteiger partial charge in [0.05, 0.1) is 17.9 Å². The number of aliphatic imine (C=N–C) groups is 2. The number of nitrogens with zero attached hydrogens (tertiary/aromatic N) is 2. The molecule has 0 bridgehead atoms. The van der Waals surface area contributed by atoms with E-state index in [1.54, 1.807) is 0 Å². The average molecular weight is 795 g/mol. The van der Waals surface area contributed by atoms with E-state index < -0.39 is 0 Å². The quantitative estimate of drug-likeness (QED) is 0.0630. The van der Waals surface area contributed by atoms with E-state index in [-0.39, 0.29) is 42.1 Å². The van der Waals surface area contributed by atoms with Crippen LogP contribution in [-0.4, -0.2) is 67.5 Å². The highest BCUT2D eigenvalue weighted by Gasteiger charge is 2.34. The van der Waals surface area contributed by atoms with Crippen molar-refractivity contribution >= 4 is 24.4 Å². The Labute approximate surface area is 350 Å². The van der Waals surface area contributed by atoms with Gasteiger partial charge in [0.2, 0.25) is 0 Å².